The SMILES string of the molecule is COC(=O)N1CCN(Cc2ccc(Nc3nc4ccc(N(C)c5ccc(F)cc5F)nc4s3)nc2)CC1. The molecule has 192 valence electrons. The molecule has 0 atom stereocenters. The smallest absolute Gasteiger partial charge is 0.409 e. The van der Waals surface area contributed by atoms with E-state index in [-0.39, 0.29) is 11.8 Å². The summed E-state index contributed by atoms with van der Waals surface area (Å²) in [5.74, 6) is -0.113. The molecule has 3 aromatic heterocycles. The number of aromatic nitrogens is 3. The van der Waals surface area contributed by atoms with Gasteiger partial charge in [-0.25, -0.2) is 28.5 Å². The number of rotatable bonds is 6. The number of hydrogen-bond acceptors (Lipinski definition) is 9. The first-order chi connectivity index (χ1) is 17.9. The summed E-state index contributed by atoms with van der Waals surface area (Å²) in [6, 6.07) is 10.9. The fourth-order valence-corrected chi connectivity index (χ4v) is 4.94. The maximum Gasteiger partial charge on any atom is 0.409 e. The molecular weight excluding hydrogens is 500 g/mol. The Balaban J connectivity index is 1.22. The monoisotopic (exact) mass is 525 g/mol. The second kappa shape index (κ2) is 10.6. The van der Waals surface area contributed by atoms with Crippen molar-refractivity contribution in [1.82, 2.24) is 24.8 Å². The van der Waals surface area contributed by atoms with Gasteiger partial charge in [0.05, 0.1) is 12.8 Å². The minimum absolute atomic E-state index is 0.228. The van der Waals surface area contributed by atoms with Gasteiger partial charge in [0.25, 0.3) is 0 Å². The van der Waals surface area contributed by atoms with Crippen molar-refractivity contribution in [1.29, 1.82) is 0 Å². The van der Waals surface area contributed by atoms with Gasteiger partial charge < -0.3 is 19.9 Å². The van der Waals surface area contributed by atoms with Crippen LogP contribution >= 0.6 is 11.3 Å². The van der Waals surface area contributed by atoms with Crippen LogP contribution in [-0.2, 0) is 11.3 Å². The largest absolute Gasteiger partial charge is 0.453 e. The molecule has 1 aromatic carbocycles. The highest BCUT2D eigenvalue weighted by molar-refractivity contribution is 7.21. The molecule has 0 radical (unpaired) electrons. The maximum absolute atomic E-state index is 14.2. The van der Waals surface area contributed by atoms with Gasteiger partial charge in [-0.2, -0.15) is 0 Å². The lowest BCUT2D eigenvalue weighted by Crippen LogP contribution is -2.48. The fraction of sp³-hybridized carbons (Fsp3) is 0.280. The molecule has 0 unspecified atom stereocenters. The van der Waals surface area contributed by atoms with Crippen LogP contribution in [0.15, 0.2) is 48.7 Å². The Bertz CT molecular complexity index is 1410. The predicted octanol–water partition coefficient (Wildman–Crippen LogP) is 4.76. The molecular formula is C25H25F2N7O2S. The van der Waals surface area contributed by atoms with Gasteiger partial charge in [0, 0.05) is 52.0 Å². The number of carbonyl (C=O) groups is 1. The highest BCUT2D eigenvalue weighted by atomic mass is 32.1. The van der Waals surface area contributed by atoms with Crippen LogP contribution in [0.25, 0.3) is 10.3 Å². The highest BCUT2D eigenvalue weighted by Gasteiger charge is 2.21. The molecule has 1 fully saturated rings. The number of piperazine rings is 1. The van der Waals surface area contributed by atoms with E-state index in [4.69, 9.17) is 4.74 Å². The van der Waals surface area contributed by atoms with E-state index in [1.165, 1.54) is 30.6 Å². The van der Waals surface area contributed by atoms with E-state index < -0.39 is 11.6 Å². The molecule has 1 saturated heterocycles. The zero-order chi connectivity index (χ0) is 25.9. The van der Waals surface area contributed by atoms with E-state index in [1.807, 2.05) is 24.4 Å². The standard InChI is InChI=1S/C25H25F2N7O2S/c1-32(20-6-4-17(26)13-18(20)27)22-8-5-19-23(31-22)37-24(29-19)30-21-7-3-16(14-28-21)15-33-9-11-34(12-10-33)25(35)36-2/h3-8,13-14H,9-12,15H2,1-2H3,(H,28,29,30). The number of anilines is 4. The van der Waals surface area contributed by atoms with Gasteiger partial charge in [0.2, 0.25) is 0 Å². The van der Waals surface area contributed by atoms with Gasteiger partial charge >= 0.3 is 6.09 Å². The van der Waals surface area contributed by atoms with Crippen molar-refractivity contribution < 1.29 is 18.3 Å². The van der Waals surface area contributed by atoms with Gasteiger partial charge in [-0.1, -0.05) is 17.4 Å². The van der Waals surface area contributed by atoms with E-state index in [0.717, 1.165) is 31.3 Å². The minimum atomic E-state index is -0.658. The van der Waals surface area contributed by atoms with E-state index in [2.05, 4.69) is 25.2 Å². The van der Waals surface area contributed by atoms with E-state index in [1.54, 1.807) is 22.9 Å². The Morgan fingerprint density at radius 2 is 1.92 bits per heavy atom. The quantitative estimate of drug-likeness (QED) is 0.386. The molecule has 1 N–H and O–H groups in total. The summed E-state index contributed by atoms with van der Waals surface area (Å²) >= 11 is 1.36. The number of fused-ring (bicyclic) bond motifs is 1. The van der Waals surface area contributed by atoms with Crippen LogP contribution in [0.3, 0.4) is 0 Å². The first-order valence-electron chi connectivity index (χ1n) is 11.6. The van der Waals surface area contributed by atoms with E-state index in [9.17, 15) is 13.6 Å². The molecule has 4 heterocycles. The van der Waals surface area contributed by atoms with Crippen molar-refractivity contribution >= 4 is 50.2 Å². The van der Waals surface area contributed by atoms with Crippen molar-refractivity contribution in [2.45, 2.75) is 6.54 Å². The molecule has 5 rings (SSSR count). The number of benzene rings is 1. The number of methoxy groups -OCH3 is 1. The number of thiazole rings is 1. The Labute approximate surface area is 216 Å². The molecule has 0 spiro atoms. The molecule has 12 heteroatoms. The number of pyridine rings is 2. The van der Waals surface area contributed by atoms with Crippen LogP contribution < -0.4 is 10.2 Å². The predicted molar refractivity (Wildman–Crippen MR) is 139 cm³/mol. The van der Waals surface area contributed by atoms with Gasteiger partial charge in [-0.05, 0) is 35.9 Å². The Hall–Kier alpha value is -3.90. The highest BCUT2D eigenvalue weighted by Crippen LogP contribution is 2.31. The van der Waals surface area contributed by atoms with Gasteiger partial charge in [0.1, 0.15) is 33.6 Å². The fourth-order valence-electron chi connectivity index (χ4n) is 4.10. The molecule has 0 aliphatic carbocycles. The van der Waals surface area contributed by atoms with Crippen molar-refractivity contribution in [3.63, 3.8) is 0 Å². The van der Waals surface area contributed by atoms with Crippen molar-refractivity contribution in [2.24, 2.45) is 0 Å². The third-order valence-electron chi connectivity index (χ3n) is 6.13. The lowest BCUT2D eigenvalue weighted by Gasteiger charge is -2.33. The first kappa shape index (κ1) is 24.8. The van der Waals surface area contributed by atoms with Gasteiger partial charge in [-0.3, -0.25) is 4.90 Å². The summed E-state index contributed by atoms with van der Waals surface area (Å²) in [6.07, 6.45) is 1.54. The Morgan fingerprint density at radius 3 is 2.62 bits per heavy atom. The molecule has 1 aliphatic rings. The molecule has 9 nitrogen and oxygen atoms in total. The van der Waals surface area contributed by atoms with Crippen molar-refractivity contribution in [3.8, 4) is 0 Å². The topological polar surface area (TPSA) is 86.7 Å². The third-order valence-corrected chi connectivity index (χ3v) is 7.01. The second-order valence-electron chi connectivity index (χ2n) is 8.58. The van der Waals surface area contributed by atoms with Crippen LogP contribution in [0.2, 0.25) is 0 Å². The average Bonchev–Trinajstić information content (AvgIpc) is 3.31. The van der Waals surface area contributed by atoms with Gasteiger partial charge in [0.15, 0.2) is 5.13 Å². The van der Waals surface area contributed by atoms with Crippen LogP contribution in [0.1, 0.15) is 5.56 Å². The van der Waals surface area contributed by atoms with E-state index in [0.29, 0.717) is 40.2 Å². The van der Waals surface area contributed by atoms with Crippen molar-refractivity contribution in [3.05, 3.63) is 65.9 Å². The zero-order valence-corrected chi connectivity index (χ0v) is 21.1. The number of nitrogens with zero attached hydrogens (tertiary/aromatic N) is 6. The summed E-state index contributed by atoms with van der Waals surface area (Å²) < 4.78 is 32.3. The Kier molecular flexibility index (Phi) is 7.10. The normalized spacial score (nSPS) is 14.1. The lowest BCUT2D eigenvalue weighted by atomic mass is 10.2. The van der Waals surface area contributed by atoms with Crippen molar-refractivity contribution in [2.75, 3.05) is 50.6 Å². The van der Waals surface area contributed by atoms with Gasteiger partial charge in [-0.15, -0.1) is 0 Å². The molecule has 1 amide bonds. The summed E-state index contributed by atoms with van der Waals surface area (Å²) in [5.41, 5.74) is 2.00. The van der Waals surface area contributed by atoms with Crippen LogP contribution in [0.4, 0.5) is 36.0 Å². The maximum atomic E-state index is 14.2. The molecule has 1 aliphatic heterocycles. The zero-order valence-electron chi connectivity index (χ0n) is 20.3. The summed E-state index contributed by atoms with van der Waals surface area (Å²) in [5, 5.41) is 3.85. The second-order valence-corrected chi connectivity index (χ2v) is 9.55. The van der Waals surface area contributed by atoms with Crippen LogP contribution in [0, 0.1) is 11.6 Å². The number of amides is 1. The summed E-state index contributed by atoms with van der Waals surface area (Å²) in [4.78, 5) is 31.5. The summed E-state index contributed by atoms with van der Waals surface area (Å²) in [6.45, 7) is 3.58. The number of ether oxygens (including phenoxy) is 1. The van der Waals surface area contributed by atoms with Crippen LogP contribution in [0.5, 0.6) is 0 Å². The molecule has 37 heavy (non-hydrogen) atoms. The lowest BCUT2D eigenvalue weighted by molar-refractivity contribution is 0.0888. The average molecular weight is 526 g/mol. The molecule has 4 aromatic rings. The minimum Gasteiger partial charge on any atom is -0.453 e. The van der Waals surface area contributed by atoms with E-state index >= 15 is 0 Å². The molecule has 0 bridgehead atoms. The number of nitrogens with one attached hydrogen (secondary N) is 1. The number of carbonyl (C=O) groups excluding carboxylic acids is 1. The number of hydrogen-bond donors (Lipinski definition) is 1. The van der Waals surface area contributed by atoms with Crippen LogP contribution in [-0.4, -0.2) is 71.2 Å². The molecule has 0 saturated carbocycles. The first-order valence-corrected chi connectivity index (χ1v) is 12.4. The number of halogens is 2. The summed E-state index contributed by atoms with van der Waals surface area (Å²) in [7, 11) is 3.07. The Morgan fingerprint density at radius 1 is 1.11 bits per heavy atom. The third kappa shape index (κ3) is 5.59.